The molecule has 0 saturated carbocycles. The van der Waals surface area contributed by atoms with Crippen LogP contribution in [0.5, 0.6) is 5.75 Å². The van der Waals surface area contributed by atoms with Gasteiger partial charge in [0, 0.05) is 49.5 Å². The molecule has 1 heterocycles. The summed E-state index contributed by atoms with van der Waals surface area (Å²) in [5, 5.41) is 20.6. The monoisotopic (exact) mass is 503 g/mol. The van der Waals surface area contributed by atoms with E-state index in [1.807, 2.05) is 51.4 Å². The van der Waals surface area contributed by atoms with Crippen molar-refractivity contribution >= 4 is 5.91 Å². The molecule has 0 bridgehead atoms. The van der Waals surface area contributed by atoms with Gasteiger partial charge in [-0.2, -0.15) is 5.26 Å². The van der Waals surface area contributed by atoms with Crippen molar-refractivity contribution in [3.63, 3.8) is 0 Å². The van der Waals surface area contributed by atoms with Gasteiger partial charge in [-0.3, -0.25) is 10.2 Å². The molecule has 8 nitrogen and oxygen atoms in total. The number of hydrogen-bond acceptors (Lipinski definition) is 6. The van der Waals surface area contributed by atoms with Crippen LogP contribution in [0.2, 0.25) is 0 Å². The molecule has 37 heavy (non-hydrogen) atoms. The fourth-order valence-electron chi connectivity index (χ4n) is 4.06. The Kier molecular flexibility index (Phi) is 9.09. The van der Waals surface area contributed by atoms with Crippen molar-refractivity contribution in [2.75, 3.05) is 13.2 Å². The zero-order chi connectivity index (χ0) is 27.2. The smallest absolute Gasteiger partial charge is 0.265 e. The molecule has 2 N–H and O–H groups in total. The van der Waals surface area contributed by atoms with E-state index >= 15 is 0 Å². The van der Waals surface area contributed by atoms with Crippen molar-refractivity contribution in [3.8, 4) is 23.1 Å². The van der Waals surface area contributed by atoms with E-state index in [1.54, 1.807) is 17.1 Å². The molecule has 8 heteroatoms. The first-order chi connectivity index (χ1) is 17.5. The van der Waals surface area contributed by atoms with E-state index in [0.29, 0.717) is 36.4 Å². The van der Waals surface area contributed by atoms with Gasteiger partial charge in [-0.05, 0) is 44.0 Å². The van der Waals surface area contributed by atoms with Crippen LogP contribution in [0.4, 0.5) is 0 Å². The van der Waals surface area contributed by atoms with Gasteiger partial charge in [-0.15, -0.1) is 0 Å². The molecule has 0 aliphatic heterocycles. The lowest BCUT2D eigenvalue weighted by atomic mass is 9.96. The van der Waals surface area contributed by atoms with E-state index in [9.17, 15) is 15.2 Å². The van der Waals surface area contributed by atoms with Gasteiger partial charge in [0.05, 0.1) is 17.4 Å². The highest BCUT2D eigenvalue weighted by Crippen LogP contribution is 2.26. The third-order valence-corrected chi connectivity index (χ3v) is 5.74. The van der Waals surface area contributed by atoms with Crippen molar-refractivity contribution in [1.82, 2.24) is 20.0 Å². The molecular formula is C29H37N5O3. The second kappa shape index (κ2) is 12.0. The molecule has 0 radical (unpaired) electrons. The highest BCUT2D eigenvalue weighted by molar-refractivity contribution is 5.94. The summed E-state index contributed by atoms with van der Waals surface area (Å²) in [7, 11) is 2.01. The Hall–Kier alpha value is -3.67. The summed E-state index contributed by atoms with van der Waals surface area (Å²) in [5.41, 5.74) is 6.49. The normalized spacial score (nSPS) is 11.6. The molecule has 0 spiro atoms. The molecule has 0 unspecified atom stereocenters. The standard InChI is InChI=1S/C29H37N5O3/c1-20(2)37-26-13-12-23(16-24(26)17-30)27(36)32-34(14-7-15-35)18-21-8-10-22(11-9-21)25-19-33(6)28(31-25)29(3,4)5/h8-13,16,19-20,35H,7,14-15,18H2,1-6H3,(H,32,36). The fourth-order valence-corrected chi connectivity index (χ4v) is 4.06. The molecule has 0 saturated heterocycles. The molecule has 3 aromatic rings. The molecule has 0 aliphatic rings. The number of hydrazine groups is 1. The first-order valence-electron chi connectivity index (χ1n) is 12.5. The average Bonchev–Trinajstić information content (AvgIpc) is 3.25. The number of nitriles is 1. The summed E-state index contributed by atoms with van der Waals surface area (Å²) < 4.78 is 7.72. The van der Waals surface area contributed by atoms with Gasteiger partial charge < -0.3 is 14.4 Å². The molecule has 196 valence electrons. The van der Waals surface area contributed by atoms with Crippen LogP contribution in [0.3, 0.4) is 0 Å². The first-order valence-corrected chi connectivity index (χ1v) is 12.5. The largest absolute Gasteiger partial charge is 0.490 e. The topological polar surface area (TPSA) is 103 Å². The third kappa shape index (κ3) is 7.42. The number of aryl methyl sites for hydroxylation is 1. The maximum absolute atomic E-state index is 13.0. The molecule has 0 fully saturated rings. The number of carbonyl (C=O) groups excluding carboxylic acids is 1. The number of benzene rings is 2. The molecule has 2 aromatic carbocycles. The molecule has 0 atom stereocenters. The second-order valence-corrected chi connectivity index (χ2v) is 10.4. The minimum atomic E-state index is -0.328. The Morgan fingerprint density at radius 2 is 1.92 bits per heavy atom. The van der Waals surface area contributed by atoms with E-state index < -0.39 is 0 Å². The van der Waals surface area contributed by atoms with Crippen LogP contribution in [0.25, 0.3) is 11.3 Å². The molecule has 3 rings (SSSR count). The lowest BCUT2D eigenvalue weighted by molar-refractivity contribution is 0.0758. The van der Waals surface area contributed by atoms with Crippen LogP contribution in [0, 0.1) is 11.3 Å². The summed E-state index contributed by atoms with van der Waals surface area (Å²) >= 11 is 0. The molecule has 1 amide bonds. The highest BCUT2D eigenvalue weighted by Gasteiger charge is 2.21. The highest BCUT2D eigenvalue weighted by atomic mass is 16.5. The summed E-state index contributed by atoms with van der Waals surface area (Å²) in [6, 6.07) is 15.0. The van der Waals surface area contributed by atoms with E-state index in [4.69, 9.17) is 9.72 Å². The van der Waals surface area contributed by atoms with Gasteiger partial charge in [-0.25, -0.2) is 9.99 Å². The number of rotatable bonds is 10. The summed E-state index contributed by atoms with van der Waals surface area (Å²) in [4.78, 5) is 17.8. The fraction of sp³-hybridized carbons (Fsp3) is 0.414. The van der Waals surface area contributed by atoms with Gasteiger partial charge in [-0.1, -0.05) is 45.0 Å². The van der Waals surface area contributed by atoms with Crippen LogP contribution < -0.4 is 10.2 Å². The zero-order valence-corrected chi connectivity index (χ0v) is 22.6. The van der Waals surface area contributed by atoms with E-state index in [2.05, 4.69) is 36.8 Å². The predicted octanol–water partition coefficient (Wildman–Crippen LogP) is 4.57. The Bertz CT molecular complexity index is 1250. The lowest BCUT2D eigenvalue weighted by Gasteiger charge is -2.23. The minimum Gasteiger partial charge on any atom is -0.490 e. The number of carbonyl (C=O) groups is 1. The van der Waals surface area contributed by atoms with Gasteiger partial charge in [0.1, 0.15) is 17.6 Å². The SMILES string of the molecule is CC(C)Oc1ccc(C(=O)NN(CCCO)Cc2ccc(-c3cn(C)c(C(C)(C)C)n3)cc2)cc1C#N. The Balaban J connectivity index is 1.74. The van der Waals surface area contributed by atoms with Crippen LogP contribution in [0.15, 0.2) is 48.7 Å². The first kappa shape index (κ1) is 27.9. The summed E-state index contributed by atoms with van der Waals surface area (Å²) in [6.45, 7) is 11.1. The van der Waals surface area contributed by atoms with Crippen molar-refractivity contribution in [2.24, 2.45) is 7.05 Å². The molecular weight excluding hydrogens is 466 g/mol. The van der Waals surface area contributed by atoms with Gasteiger partial charge in [0.2, 0.25) is 0 Å². The number of imidazole rings is 1. The second-order valence-electron chi connectivity index (χ2n) is 10.4. The van der Waals surface area contributed by atoms with Gasteiger partial charge in [0.15, 0.2) is 0 Å². The number of ether oxygens (including phenoxy) is 1. The van der Waals surface area contributed by atoms with E-state index in [1.165, 1.54) is 6.07 Å². The third-order valence-electron chi connectivity index (χ3n) is 5.74. The Morgan fingerprint density at radius 3 is 2.49 bits per heavy atom. The van der Waals surface area contributed by atoms with Crippen LogP contribution in [0.1, 0.15) is 68.3 Å². The Morgan fingerprint density at radius 1 is 1.22 bits per heavy atom. The average molecular weight is 504 g/mol. The number of aliphatic hydroxyl groups excluding tert-OH is 1. The van der Waals surface area contributed by atoms with Crippen LogP contribution >= 0.6 is 0 Å². The number of hydrogen-bond donors (Lipinski definition) is 2. The lowest BCUT2D eigenvalue weighted by Crippen LogP contribution is -2.42. The van der Waals surface area contributed by atoms with Crippen molar-refractivity contribution < 1.29 is 14.6 Å². The van der Waals surface area contributed by atoms with Crippen molar-refractivity contribution in [2.45, 2.75) is 59.1 Å². The molecule has 0 aliphatic carbocycles. The van der Waals surface area contributed by atoms with Crippen LogP contribution in [-0.2, 0) is 19.0 Å². The van der Waals surface area contributed by atoms with E-state index in [0.717, 1.165) is 22.6 Å². The summed E-state index contributed by atoms with van der Waals surface area (Å²) in [5.74, 6) is 1.15. The summed E-state index contributed by atoms with van der Waals surface area (Å²) in [6.07, 6.45) is 2.47. The van der Waals surface area contributed by atoms with Crippen LogP contribution in [-0.4, -0.2) is 44.8 Å². The van der Waals surface area contributed by atoms with Crippen molar-refractivity contribution in [1.29, 1.82) is 5.26 Å². The number of nitrogens with one attached hydrogen (secondary N) is 1. The quantitative estimate of drug-likeness (QED) is 0.393. The van der Waals surface area contributed by atoms with Crippen molar-refractivity contribution in [3.05, 3.63) is 71.2 Å². The number of aliphatic hydroxyl groups is 1. The molecule has 1 aromatic heterocycles. The van der Waals surface area contributed by atoms with Gasteiger partial charge >= 0.3 is 0 Å². The maximum Gasteiger partial charge on any atom is 0.265 e. The van der Waals surface area contributed by atoms with E-state index in [-0.39, 0.29) is 24.0 Å². The number of aromatic nitrogens is 2. The number of amides is 1. The Labute approximate surface area is 219 Å². The zero-order valence-electron chi connectivity index (χ0n) is 22.6. The predicted molar refractivity (Wildman–Crippen MR) is 144 cm³/mol. The minimum absolute atomic E-state index is 0.0148. The number of nitrogens with zero attached hydrogens (tertiary/aromatic N) is 4. The maximum atomic E-state index is 13.0. The van der Waals surface area contributed by atoms with Gasteiger partial charge in [0.25, 0.3) is 5.91 Å².